The van der Waals surface area contributed by atoms with E-state index in [1.54, 1.807) is 18.4 Å². The molecule has 4 heteroatoms. The van der Waals surface area contributed by atoms with Crippen LogP contribution in [0.1, 0.15) is 29.0 Å². The Labute approximate surface area is 129 Å². The molecule has 2 aromatic rings. The lowest BCUT2D eigenvalue weighted by Crippen LogP contribution is -2.39. The highest BCUT2D eigenvalue weighted by Gasteiger charge is 2.28. The number of nitrogens with zero attached hydrogens (tertiary/aromatic N) is 1. The van der Waals surface area contributed by atoms with Crippen molar-refractivity contribution >= 4 is 17.2 Å². The van der Waals surface area contributed by atoms with Crippen LogP contribution in [-0.2, 0) is 17.6 Å². The number of carbonyl (C=O) groups is 1. The number of rotatable bonds is 3. The minimum atomic E-state index is 0.186. The second kappa shape index (κ2) is 5.90. The van der Waals surface area contributed by atoms with Gasteiger partial charge in [-0.3, -0.25) is 4.79 Å². The number of fused-ring (bicyclic) bond motifs is 1. The smallest absolute Gasteiger partial charge is 0.227 e. The molecule has 0 radical (unpaired) electrons. The van der Waals surface area contributed by atoms with Crippen molar-refractivity contribution in [3.63, 3.8) is 0 Å². The van der Waals surface area contributed by atoms with Crippen molar-refractivity contribution in [2.45, 2.75) is 25.8 Å². The zero-order chi connectivity index (χ0) is 14.8. The summed E-state index contributed by atoms with van der Waals surface area (Å²) in [6.45, 7) is 2.94. The lowest BCUT2D eigenvalue weighted by Gasteiger charge is -2.33. The molecule has 110 valence electrons. The van der Waals surface area contributed by atoms with Crippen molar-refractivity contribution in [2.75, 3.05) is 13.7 Å². The van der Waals surface area contributed by atoms with Crippen LogP contribution < -0.4 is 4.74 Å². The summed E-state index contributed by atoms with van der Waals surface area (Å²) in [5.74, 6) is 1.02. The van der Waals surface area contributed by atoms with Gasteiger partial charge in [-0.15, -0.1) is 11.3 Å². The summed E-state index contributed by atoms with van der Waals surface area (Å²) in [5.41, 5.74) is 2.35. The summed E-state index contributed by atoms with van der Waals surface area (Å²) in [6, 6.07) is 10.1. The predicted octanol–water partition coefficient (Wildman–Crippen LogP) is 3.45. The van der Waals surface area contributed by atoms with Crippen molar-refractivity contribution in [3.8, 4) is 5.75 Å². The molecule has 3 nitrogen and oxygen atoms in total. The van der Waals surface area contributed by atoms with Gasteiger partial charge >= 0.3 is 0 Å². The van der Waals surface area contributed by atoms with Crippen LogP contribution >= 0.6 is 11.3 Å². The largest absolute Gasteiger partial charge is 0.497 e. The molecule has 1 atom stereocenters. The first-order valence-corrected chi connectivity index (χ1v) is 8.05. The van der Waals surface area contributed by atoms with Crippen LogP contribution in [0.3, 0.4) is 0 Å². The fourth-order valence-corrected chi connectivity index (χ4v) is 3.83. The van der Waals surface area contributed by atoms with Crippen LogP contribution in [0.15, 0.2) is 35.7 Å². The Bertz CT molecular complexity index is 632. The maximum absolute atomic E-state index is 12.6. The molecule has 21 heavy (non-hydrogen) atoms. The SMILES string of the molecule is COc1ccc(CC(=O)N2CCc3sccc3[C@H]2C)cc1. The molecule has 1 aliphatic heterocycles. The number of methoxy groups -OCH3 is 1. The first-order valence-electron chi connectivity index (χ1n) is 7.17. The molecule has 0 aliphatic carbocycles. The minimum Gasteiger partial charge on any atom is -0.497 e. The molecule has 0 N–H and O–H groups in total. The second-order valence-corrected chi connectivity index (χ2v) is 6.34. The van der Waals surface area contributed by atoms with Gasteiger partial charge in [0, 0.05) is 11.4 Å². The van der Waals surface area contributed by atoms with Gasteiger partial charge in [-0.25, -0.2) is 0 Å². The number of thiophene rings is 1. The summed E-state index contributed by atoms with van der Waals surface area (Å²) < 4.78 is 5.14. The first kappa shape index (κ1) is 14.1. The highest BCUT2D eigenvalue weighted by atomic mass is 32.1. The average Bonchev–Trinajstić information content (AvgIpc) is 2.98. The van der Waals surface area contributed by atoms with Crippen LogP contribution in [0, 0.1) is 0 Å². The molecule has 1 amide bonds. The molecule has 0 fully saturated rings. The standard InChI is InChI=1S/C17H19NO2S/c1-12-15-8-10-21-16(15)7-9-18(12)17(19)11-13-3-5-14(20-2)6-4-13/h3-6,8,10,12H,7,9,11H2,1-2H3/t12-/m1/s1. The van der Waals surface area contributed by atoms with Crippen molar-refractivity contribution in [1.82, 2.24) is 4.90 Å². The molecule has 0 spiro atoms. The van der Waals surface area contributed by atoms with Gasteiger partial charge in [0.15, 0.2) is 0 Å². The van der Waals surface area contributed by atoms with Crippen LogP contribution in [0.4, 0.5) is 0 Å². The molecule has 1 aliphatic rings. The highest BCUT2D eigenvalue weighted by Crippen LogP contribution is 2.33. The van der Waals surface area contributed by atoms with Crippen LogP contribution in [0.25, 0.3) is 0 Å². The summed E-state index contributed by atoms with van der Waals surface area (Å²) in [5, 5.41) is 2.12. The van der Waals surface area contributed by atoms with Crippen LogP contribution in [-0.4, -0.2) is 24.5 Å². The second-order valence-electron chi connectivity index (χ2n) is 5.34. The number of hydrogen-bond acceptors (Lipinski definition) is 3. The molecule has 0 saturated carbocycles. The molecule has 2 heterocycles. The number of benzene rings is 1. The van der Waals surface area contributed by atoms with Crippen molar-refractivity contribution < 1.29 is 9.53 Å². The van der Waals surface area contributed by atoms with Gasteiger partial charge in [-0.05, 0) is 48.1 Å². The van der Waals surface area contributed by atoms with Gasteiger partial charge in [0.1, 0.15) is 5.75 Å². The van der Waals surface area contributed by atoms with E-state index in [1.807, 2.05) is 29.2 Å². The fraction of sp³-hybridized carbons (Fsp3) is 0.353. The summed E-state index contributed by atoms with van der Waals surface area (Å²) in [6.07, 6.45) is 1.43. The maximum Gasteiger partial charge on any atom is 0.227 e. The average molecular weight is 301 g/mol. The van der Waals surface area contributed by atoms with Gasteiger partial charge in [-0.1, -0.05) is 12.1 Å². The minimum absolute atomic E-state index is 0.186. The normalized spacial score (nSPS) is 17.4. The molecule has 3 rings (SSSR count). The summed E-state index contributed by atoms with van der Waals surface area (Å²) >= 11 is 1.80. The molecular formula is C17H19NO2S. The molecule has 0 unspecified atom stereocenters. The van der Waals surface area contributed by atoms with E-state index in [1.165, 1.54) is 10.4 Å². The number of amides is 1. The quantitative estimate of drug-likeness (QED) is 0.869. The monoisotopic (exact) mass is 301 g/mol. The topological polar surface area (TPSA) is 29.5 Å². The number of carbonyl (C=O) groups excluding carboxylic acids is 1. The molecule has 0 bridgehead atoms. The third-order valence-corrected chi connectivity index (χ3v) is 5.11. The molecule has 0 saturated heterocycles. The lowest BCUT2D eigenvalue weighted by atomic mass is 10.0. The van der Waals surface area contributed by atoms with Crippen molar-refractivity contribution in [1.29, 1.82) is 0 Å². The summed E-state index contributed by atoms with van der Waals surface area (Å²) in [7, 11) is 1.65. The summed E-state index contributed by atoms with van der Waals surface area (Å²) in [4.78, 5) is 16.0. The molecule has 1 aromatic heterocycles. The van der Waals surface area contributed by atoms with E-state index in [2.05, 4.69) is 18.4 Å². The Morgan fingerprint density at radius 3 is 2.81 bits per heavy atom. The van der Waals surface area contributed by atoms with E-state index >= 15 is 0 Å². The van der Waals surface area contributed by atoms with Crippen molar-refractivity contribution in [2.24, 2.45) is 0 Å². The highest BCUT2D eigenvalue weighted by molar-refractivity contribution is 7.10. The molecule has 1 aromatic carbocycles. The van der Waals surface area contributed by atoms with Gasteiger partial charge in [0.25, 0.3) is 0 Å². The Morgan fingerprint density at radius 1 is 1.33 bits per heavy atom. The van der Waals surface area contributed by atoms with Gasteiger partial charge in [0.2, 0.25) is 5.91 Å². The maximum atomic E-state index is 12.6. The van der Waals surface area contributed by atoms with Gasteiger partial charge in [-0.2, -0.15) is 0 Å². The third-order valence-electron chi connectivity index (χ3n) is 4.11. The number of ether oxygens (including phenoxy) is 1. The Balaban J connectivity index is 1.71. The van der Waals surface area contributed by atoms with E-state index in [-0.39, 0.29) is 11.9 Å². The molecular weight excluding hydrogens is 282 g/mol. The Hall–Kier alpha value is -1.81. The van der Waals surface area contributed by atoms with E-state index in [4.69, 9.17) is 4.74 Å². The van der Waals surface area contributed by atoms with Gasteiger partial charge in [0.05, 0.1) is 19.6 Å². The fourth-order valence-electron chi connectivity index (χ4n) is 2.87. The third kappa shape index (κ3) is 2.81. The van der Waals surface area contributed by atoms with E-state index in [0.717, 1.165) is 24.3 Å². The first-order chi connectivity index (χ1) is 10.2. The van der Waals surface area contributed by atoms with E-state index in [9.17, 15) is 4.79 Å². The van der Waals surface area contributed by atoms with Gasteiger partial charge < -0.3 is 9.64 Å². The van der Waals surface area contributed by atoms with Crippen LogP contribution in [0.5, 0.6) is 5.75 Å². The zero-order valence-corrected chi connectivity index (χ0v) is 13.2. The van der Waals surface area contributed by atoms with E-state index in [0.29, 0.717) is 6.42 Å². The zero-order valence-electron chi connectivity index (χ0n) is 12.3. The Morgan fingerprint density at radius 2 is 2.10 bits per heavy atom. The predicted molar refractivity (Wildman–Crippen MR) is 84.8 cm³/mol. The van der Waals surface area contributed by atoms with Crippen LogP contribution in [0.2, 0.25) is 0 Å². The number of hydrogen-bond donors (Lipinski definition) is 0. The Kier molecular flexibility index (Phi) is 3.97. The van der Waals surface area contributed by atoms with E-state index < -0.39 is 0 Å². The lowest BCUT2D eigenvalue weighted by molar-refractivity contribution is -0.133. The van der Waals surface area contributed by atoms with Crippen molar-refractivity contribution in [3.05, 3.63) is 51.7 Å².